The summed E-state index contributed by atoms with van der Waals surface area (Å²) in [5, 5.41) is 10.5. The fraction of sp³-hybridized carbons (Fsp3) is 0.368. The van der Waals surface area contributed by atoms with Gasteiger partial charge in [-0.3, -0.25) is 4.31 Å². The number of hydrogen-bond donors (Lipinski definition) is 1. The van der Waals surface area contributed by atoms with Gasteiger partial charge in [0.05, 0.1) is 10.6 Å². The van der Waals surface area contributed by atoms with Gasteiger partial charge in [-0.25, -0.2) is 8.60 Å². The second kappa shape index (κ2) is 8.94. The van der Waals surface area contributed by atoms with E-state index in [0.29, 0.717) is 27.3 Å². The molecule has 2 aromatic rings. The van der Waals surface area contributed by atoms with E-state index in [1.807, 2.05) is 33.8 Å². The van der Waals surface area contributed by atoms with E-state index in [0.717, 1.165) is 0 Å². The highest BCUT2D eigenvalue weighted by Gasteiger charge is 2.29. The van der Waals surface area contributed by atoms with Gasteiger partial charge in [0.1, 0.15) is 11.9 Å². The number of aliphatic hydroxyl groups is 1. The number of para-hydroxylation sites is 1. The molecule has 3 rings (SSSR count). The Labute approximate surface area is 146 Å². The van der Waals surface area contributed by atoms with E-state index in [1.54, 1.807) is 42.5 Å². The minimum Gasteiger partial charge on any atom is -0.384 e. The first kappa shape index (κ1) is 20.3. The van der Waals surface area contributed by atoms with Gasteiger partial charge in [-0.15, -0.1) is 0 Å². The van der Waals surface area contributed by atoms with Crippen LogP contribution in [0.1, 0.15) is 50.5 Å². The van der Waals surface area contributed by atoms with E-state index in [-0.39, 0.29) is 0 Å². The molecule has 5 heteroatoms. The Morgan fingerprint density at radius 2 is 1.67 bits per heavy atom. The summed E-state index contributed by atoms with van der Waals surface area (Å²) in [7, 11) is 0.233. The van der Waals surface area contributed by atoms with Gasteiger partial charge >= 0.3 is 0 Å². The van der Waals surface area contributed by atoms with Gasteiger partial charge in [-0.05, 0) is 30.7 Å². The van der Waals surface area contributed by atoms with Gasteiger partial charge in [-0.1, -0.05) is 45.9 Å². The van der Waals surface area contributed by atoms with Gasteiger partial charge in [-0.2, -0.15) is 0 Å². The van der Waals surface area contributed by atoms with Crippen LogP contribution in [0.3, 0.4) is 0 Å². The lowest BCUT2D eigenvalue weighted by molar-refractivity contribution is 0.217. The van der Waals surface area contributed by atoms with Crippen LogP contribution in [0.15, 0.2) is 41.3 Å². The third-order valence-electron chi connectivity index (χ3n) is 3.59. The molecule has 0 saturated heterocycles. The second-order valence-corrected chi connectivity index (χ2v) is 6.33. The molecule has 2 atom stereocenters. The first-order valence-corrected chi connectivity index (χ1v) is 9.34. The van der Waals surface area contributed by atoms with Crippen LogP contribution in [-0.4, -0.2) is 16.4 Å². The van der Waals surface area contributed by atoms with Crippen molar-refractivity contribution in [2.24, 2.45) is 0 Å². The molecule has 0 fully saturated rings. The van der Waals surface area contributed by atoms with Crippen LogP contribution < -0.4 is 4.31 Å². The maximum Gasteiger partial charge on any atom is 0.153 e. The van der Waals surface area contributed by atoms with E-state index in [1.165, 1.54) is 6.07 Å². The zero-order valence-corrected chi connectivity index (χ0v) is 15.9. The maximum atomic E-state index is 13.8. The molecule has 0 amide bonds. The third-order valence-corrected chi connectivity index (χ3v) is 5.02. The quantitative estimate of drug-likeness (QED) is 0.745. The number of hydrogen-bond acceptors (Lipinski definition) is 2. The molecule has 1 N–H and O–H groups in total. The maximum absolute atomic E-state index is 13.8. The van der Waals surface area contributed by atoms with Crippen molar-refractivity contribution < 1.29 is 13.7 Å². The Balaban J connectivity index is 0.000000671. The van der Waals surface area contributed by atoms with Crippen LogP contribution >= 0.6 is 0 Å². The van der Waals surface area contributed by atoms with E-state index >= 15 is 0 Å². The Bertz CT molecular complexity index is 719. The molecule has 24 heavy (non-hydrogen) atoms. The molecule has 1 aliphatic rings. The standard InChI is InChI=1S/C15H14FNO2S.2C2H6/c1-9-7-14-11(8-12(9)16)15(18)10-5-3-4-6-13(10)17(2)20(14)19;2*1-2/h3-8,15,18H,1-2H3;2*1-2H3. The highest BCUT2D eigenvalue weighted by Crippen LogP contribution is 2.38. The zero-order valence-electron chi connectivity index (χ0n) is 15.1. The summed E-state index contributed by atoms with van der Waals surface area (Å²) < 4.78 is 28.0. The normalized spacial score (nSPS) is 18.1. The van der Waals surface area contributed by atoms with Crippen LogP contribution in [0.5, 0.6) is 0 Å². The predicted molar refractivity (Wildman–Crippen MR) is 99.1 cm³/mol. The SMILES string of the molecule is CC.CC.Cc1cc2c(cc1F)C(O)c1ccccc1N(C)S2=O. The molecule has 1 aliphatic heterocycles. The fourth-order valence-electron chi connectivity index (χ4n) is 2.45. The van der Waals surface area contributed by atoms with E-state index < -0.39 is 22.9 Å². The molecule has 0 radical (unpaired) electrons. The van der Waals surface area contributed by atoms with Crippen LogP contribution in [0, 0.1) is 12.7 Å². The fourth-order valence-corrected chi connectivity index (χ4v) is 3.73. The van der Waals surface area contributed by atoms with Gasteiger partial charge in [0, 0.05) is 18.2 Å². The smallest absolute Gasteiger partial charge is 0.153 e. The molecule has 132 valence electrons. The van der Waals surface area contributed by atoms with Crippen LogP contribution in [-0.2, 0) is 11.0 Å². The zero-order chi connectivity index (χ0) is 18.4. The van der Waals surface area contributed by atoms with Crippen LogP contribution in [0.25, 0.3) is 0 Å². The van der Waals surface area contributed by atoms with Gasteiger partial charge in [0.15, 0.2) is 11.0 Å². The molecule has 3 nitrogen and oxygen atoms in total. The molecule has 1 heterocycles. The summed E-state index contributed by atoms with van der Waals surface area (Å²) in [4.78, 5) is 0.454. The Morgan fingerprint density at radius 1 is 1.08 bits per heavy atom. The summed E-state index contributed by atoms with van der Waals surface area (Å²) in [5.41, 5.74) is 2.10. The summed E-state index contributed by atoms with van der Waals surface area (Å²) in [6, 6.07) is 10.0. The molecule has 0 spiro atoms. The van der Waals surface area contributed by atoms with Crippen molar-refractivity contribution in [3.63, 3.8) is 0 Å². The van der Waals surface area contributed by atoms with Crippen LogP contribution in [0.4, 0.5) is 10.1 Å². The molecule has 0 aromatic heterocycles. The van der Waals surface area contributed by atoms with E-state index in [2.05, 4.69) is 0 Å². The minimum absolute atomic E-state index is 0.364. The summed E-state index contributed by atoms with van der Waals surface area (Å²) >= 11 is 0. The van der Waals surface area contributed by atoms with Crippen molar-refractivity contribution in [3.05, 3.63) is 58.9 Å². The lowest BCUT2D eigenvalue weighted by Crippen LogP contribution is -2.20. The number of halogens is 1. The molecular formula is C19H26FNO2S. The number of aryl methyl sites for hydroxylation is 1. The van der Waals surface area contributed by atoms with Gasteiger partial charge in [0.25, 0.3) is 0 Å². The largest absolute Gasteiger partial charge is 0.384 e. The molecule has 0 saturated carbocycles. The molecule has 0 aliphatic carbocycles. The van der Waals surface area contributed by atoms with E-state index in [9.17, 15) is 13.7 Å². The molecule has 0 bridgehead atoms. The van der Waals surface area contributed by atoms with Crippen molar-refractivity contribution in [2.75, 3.05) is 11.4 Å². The van der Waals surface area contributed by atoms with Crippen molar-refractivity contribution in [1.82, 2.24) is 0 Å². The average Bonchev–Trinajstić information content (AvgIpc) is 2.71. The minimum atomic E-state index is -1.47. The number of rotatable bonds is 0. The third kappa shape index (κ3) is 3.68. The second-order valence-electron chi connectivity index (χ2n) is 4.85. The summed E-state index contributed by atoms with van der Waals surface area (Å²) in [5.74, 6) is -0.401. The summed E-state index contributed by atoms with van der Waals surface area (Å²) in [6.45, 7) is 9.62. The molecular weight excluding hydrogens is 325 g/mol. The highest BCUT2D eigenvalue weighted by molar-refractivity contribution is 7.86. The number of nitrogens with zero attached hydrogens (tertiary/aromatic N) is 1. The first-order valence-electron chi connectivity index (χ1n) is 8.23. The highest BCUT2D eigenvalue weighted by atomic mass is 32.2. The number of aliphatic hydroxyl groups excluding tert-OH is 1. The topological polar surface area (TPSA) is 40.5 Å². The predicted octanol–water partition coefficient (Wildman–Crippen LogP) is 4.74. The van der Waals surface area contributed by atoms with Crippen molar-refractivity contribution in [1.29, 1.82) is 0 Å². The van der Waals surface area contributed by atoms with Gasteiger partial charge in [0.2, 0.25) is 0 Å². The van der Waals surface area contributed by atoms with Crippen molar-refractivity contribution >= 4 is 16.7 Å². The van der Waals surface area contributed by atoms with Crippen LogP contribution in [0.2, 0.25) is 0 Å². The van der Waals surface area contributed by atoms with Crippen molar-refractivity contribution in [2.45, 2.75) is 45.6 Å². The van der Waals surface area contributed by atoms with E-state index in [4.69, 9.17) is 0 Å². The van der Waals surface area contributed by atoms with Crippen molar-refractivity contribution in [3.8, 4) is 0 Å². The monoisotopic (exact) mass is 351 g/mol. The lowest BCUT2D eigenvalue weighted by Gasteiger charge is -2.18. The molecule has 2 aromatic carbocycles. The average molecular weight is 351 g/mol. The Kier molecular flexibility index (Phi) is 7.58. The number of fused-ring (bicyclic) bond motifs is 2. The number of benzene rings is 2. The molecule has 2 unspecified atom stereocenters. The van der Waals surface area contributed by atoms with Gasteiger partial charge < -0.3 is 5.11 Å². The first-order chi connectivity index (χ1) is 11.5. The Hall–Kier alpha value is -1.72. The lowest BCUT2D eigenvalue weighted by atomic mass is 9.98. The summed E-state index contributed by atoms with van der Waals surface area (Å²) in [6.07, 6.45) is -0.981. The number of anilines is 1. The Morgan fingerprint density at radius 3 is 2.29 bits per heavy atom.